The molecule has 16 heavy (non-hydrogen) atoms. The highest BCUT2D eigenvalue weighted by Gasteiger charge is 2.07. The molecule has 6 heteroatoms. The van der Waals surface area contributed by atoms with E-state index in [0.29, 0.717) is 19.0 Å². The van der Waals surface area contributed by atoms with Crippen molar-refractivity contribution in [1.82, 2.24) is 0 Å². The number of rotatable bonds is 5. The summed E-state index contributed by atoms with van der Waals surface area (Å²) in [5.74, 6) is -1.93. The molecule has 0 radical (unpaired) electrons. The van der Waals surface area contributed by atoms with Gasteiger partial charge >= 0.3 is 0 Å². The topological polar surface area (TPSA) is 81.1 Å². The van der Waals surface area contributed by atoms with Gasteiger partial charge in [-0.25, -0.2) is 8.78 Å². The van der Waals surface area contributed by atoms with E-state index in [0.717, 1.165) is 6.07 Å². The van der Waals surface area contributed by atoms with Crippen molar-refractivity contribution in [2.24, 2.45) is 5.73 Å². The van der Waals surface area contributed by atoms with Crippen molar-refractivity contribution in [2.75, 3.05) is 17.6 Å². The van der Waals surface area contributed by atoms with E-state index in [1.54, 1.807) is 0 Å². The van der Waals surface area contributed by atoms with Crippen LogP contribution in [0.25, 0.3) is 0 Å². The molecular formula is C10H13F2N3O. The van der Waals surface area contributed by atoms with Crippen LogP contribution in [0.3, 0.4) is 0 Å². The van der Waals surface area contributed by atoms with Gasteiger partial charge in [-0.2, -0.15) is 0 Å². The average Bonchev–Trinajstić information content (AvgIpc) is 2.19. The Kier molecular flexibility index (Phi) is 4.04. The number of halogens is 2. The molecule has 0 fully saturated rings. The number of nitrogens with two attached hydrogens (primary N) is 2. The van der Waals surface area contributed by atoms with E-state index in [4.69, 9.17) is 11.5 Å². The lowest BCUT2D eigenvalue weighted by Gasteiger charge is -2.09. The van der Waals surface area contributed by atoms with Crippen molar-refractivity contribution in [3.05, 3.63) is 23.8 Å². The van der Waals surface area contributed by atoms with Gasteiger partial charge in [0, 0.05) is 19.0 Å². The number of nitrogen functional groups attached to an aromatic ring is 1. The van der Waals surface area contributed by atoms with E-state index in [1.807, 2.05) is 0 Å². The molecule has 1 aromatic rings. The van der Waals surface area contributed by atoms with Gasteiger partial charge in [-0.3, -0.25) is 4.79 Å². The summed E-state index contributed by atoms with van der Waals surface area (Å²) >= 11 is 0. The van der Waals surface area contributed by atoms with Gasteiger partial charge in [0.15, 0.2) is 5.82 Å². The number of nitrogens with one attached hydrogen (secondary N) is 1. The molecule has 1 amide bonds. The van der Waals surface area contributed by atoms with Crippen molar-refractivity contribution < 1.29 is 13.6 Å². The minimum Gasteiger partial charge on any atom is -0.395 e. The number of anilines is 2. The number of benzene rings is 1. The van der Waals surface area contributed by atoms with E-state index in [2.05, 4.69) is 5.32 Å². The molecule has 0 aromatic heterocycles. The molecule has 0 spiro atoms. The predicted molar refractivity (Wildman–Crippen MR) is 57.7 cm³/mol. The first-order valence-electron chi connectivity index (χ1n) is 4.77. The predicted octanol–water partition coefficient (Wildman–Crippen LogP) is 1.22. The number of primary amides is 1. The van der Waals surface area contributed by atoms with Crippen LogP contribution in [-0.4, -0.2) is 12.5 Å². The van der Waals surface area contributed by atoms with E-state index in [1.165, 1.54) is 0 Å². The van der Waals surface area contributed by atoms with Gasteiger partial charge in [0.05, 0.1) is 11.4 Å². The molecule has 4 nitrogen and oxygen atoms in total. The minimum absolute atomic E-state index is 0.138. The van der Waals surface area contributed by atoms with Gasteiger partial charge < -0.3 is 16.8 Å². The maximum Gasteiger partial charge on any atom is 0.217 e. The normalized spacial score (nSPS) is 10.1. The fourth-order valence-electron chi connectivity index (χ4n) is 1.22. The third kappa shape index (κ3) is 3.38. The molecule has 1 rings (SSSR count). The Hall–Kier alpha value is -1.85. The number of carbonyl (C=O) groups is 1. The fraction of sp³-hybridized carbons (Fsp3) is 0.300. The number of carbonyl (C=O) groups excluding carboxylic acids is 1. The van der Waals surface area contributed by atoms with Crippen molar-refractivity contribution in [2.45, 2.75) is 12.8 Å². The maximum atomic E-state index is 13.0. The summed E-state index contributed by atoms with van der Waals surface area (Å²) in [7, 11) is 0. The lowest BCUT2D eigenvalue weighted by molar-refractivity contribution is -0.118. The van der Waals surface area contributed by atoms with Crippen LogP contribution >= 0.6 is 0 Å². The highest BCUT2D eigenvalue weighted by Crippen LogP contribution is 2.23. The third-order valence-electron chi connectivity index (χ3n) is 2.01. The summed E-state index contributed by atoms with van der Waals surface area (Å²) in [5.41, 5.74) is 10.4. The fourth-order valence-corrected chi connectivity index (χ4v) is 1.22. The molecule has 0 aliphatic carbocycles. The Balaban J connectivity index is 2.57. The van der Waals surface area contributed by atoms with Gasteiger partial charge in [-0.1, -0.05) is 0 Å². The molecule has 1 aromatic carbocycles. The molecule has 0 aliphatic rings. The molecule has 0 atom stereocenters. The highest BCUT2D eigenvalue weighted by atomic mass is 19.1. The summed E-state index contributed by atoms with van der Waals surface area (Å²) in [5, 5.41) is 2.74. The second-order valence-corrected chi connectivity index (χ2v) is 3.35. The summed E-state index contributed by atoms with van der Waals surface area (Å²) in [4.78, 5) is 10.4. The van der Waals surface area contributed by atoms with Crippen molar-refractivity contribution >= 4 is 17.3 Å². The van der Waals surface area contributed by atoms with Crippen LogP contribution in [0, 0.1) is 11.6 Å². The van der Waals surface area contributed by atoms with Crippen molar-refractivity contribution in [3.63, 3.8) is 0 Å². The molecule has 0 saturated heterocycles. The average molecular weight is 229 g/mol. The molecule has 0 aliphatic heterocycles. The summed E-state index contributed by atoms with van der Waals surface area (Å²) in [6.45, 7) is 0.371. The Labute approximate surface area is 91.6 Å². The summed E-state index contributed by atoms with van der Waals surface area (Å²) in [6, 6.07) is 1.81. The van der Waals surface area contributed by atoms with Gasteiger partial charge in [0.1, 0.15) is 5.82 Å². The van der Waals surface area contributed by atoms with E-state index < -0.39 is 17.5 Å². The molecule has 0 heterocycles. The quantitative estimate of drug-likeness (QED) is 0.524. The number of amides is 1. The van der Waals surface area contributed by atoms with Gasteiger partial charge in [-0.05, 0) is 12.5 Å². The Morgan fingerprint density at radius 3 is 2.69 bits per heavy atom. The zero-order chi connectivity index (χ0) is 12.1. The van der Waals surface area contributed by atoms with Crippen LogP contribution in [0.2, 0.25) is 0 Å². The number of hydrogen-bond acceptors (Lipinski definition) is 3. The standard InChI is InChI=1S/C10H13F2N3O/c11-6-4-7(12)10(14)8(5-6)15-3-1-2-9(13)16/h4-5,15H,1-3,14H2,(H2,13,16). The first-order chi connectivity index (χ1) is 7.50. The van der Waals surface area contributed by atoms with E-state index in [-0.39, 0.29) is 17.8 Å². The Morgan fingerprint density at radius 1 is 1.38 bits per heavy atom. The second kappa shape index (κ2) is 5.29. The Bertz CT molecular complexity index is 396. The van der Waals surface area contributed by atoms with E-state index in [9.17, 15) is 13.6 Å². The van der Waals surface area contributed by atoms with Crippen molar-refractivity contribution in [3.8, 4) is 0 Å². The van der Waals surface area contributed by atoms with Gasteiger partial charge in [0.2, 0.25) is 5.91 Å². The lowest BCUT2D eigenvalue weighted by Crippen LogP contribution is -2.13. The second-order valence-electron chi connectivity index (χ2n) is 3.35. The van der Waals surface area contributed by atoms with Gasteiger partial charge in [0.25, 0.3) is 0 Å². The van der Waals surface area contributed by atoms with Gasteiger partial charge in [-0.15, -0.1) is 0 Å². The molecule has 0 saturated carbocycles. The summed E-state index contributed by atoms with van der Waals surface area (Å²) < 4.78 is 25.8. The van der Waals surface area contributed by atoms with Crippen LogP contribution in [0.5, 0.6) is 0 Å². The van der Waals surface area contributed by atoms with Crippen LogP contribution in [0.4, 0.5) is 20.2 Å². The first kappa shape index (κ1) is 12.2. The van der Waals surface area contributed by atoms with Crippen LogP contribution in [-0.2, 0) is 4.79 Å². The monoisotopic (exact) mass is 229 g/mol. The lowest BCUT2D eigenvalue weighted by atomic mass is 10.2. The van der Waals surface area contributed by atoms with E-state index >= 15 is 0 Å². The zero-order valence-corrected chi connectivity index (χ0v) is 8.59. The highest BCUT2D eigenvalue weighted by molar-refractivity contribution is 5.73. The summed E-state index contributed by atoms with van der Waals surface area (Å²) in [6.07, 6.45) is 0.692. The first-order valence-corrected chi connectivity index (χ1v) is 4.77. The maximum absolute atomic E-state index is 13.0. The molecule has 0 unspecified atom stereocenters. The SMILES string of the molecule is NC(=O)CCCNc1cc(F)cc(F)c1N. The minimum atomic E-state index is -0.808. The smallest absolute Gasteiger partial charge is 0.217 e. The molecule has 5 N–H and O–H groups in total. The molecule has 88 valence electrons. The Morgan fingerprint density at radius 2 is 2.06 bits per heavy atom. The molecule has 0 bridgehead atoms. The van der Waals surface area contributed by atoms with Crippen molar-refractivity contribution in [1.29, 1.82) is 0 Å². The van der Waals surface area contributed by atoms with Crippen LogP contribution in [0.15, 0.2) is 12.1 Å². The number of hydrogen-bond donors (Lipinski definition) is 3. The molecular weight excluding hydrogens is 216 g/mol. The van der Waals surface area contributed by atoms with Crippen LogP contribution < -0.4 is 16.8 Å². The van der Waals surface area contributed by atoms with Crippen LogP contribution in [0.1, 0.15) is 12.8 Å². The third-order valence-corrected chi connectivity index (χ3v) is 2.01. The largest absolute Gasteiger partial charge is 0.395 e. The zero-order valence-electron chi connectivity index (χ0n) is 8.59.